The Labute approximate surface area is 169 Å². The van der Waals surface area contributed by atoms with Crippen LogP contribution in [0.15, 0.2) is 0 Å². The lowest BCUT2D eigenvalue weighted by atomic mass is 9.88. The van der Waals surface area contributed by atoms with E-state index in [1.165, 1.54) is 38.8 Å². The Bertz CT molecular complexity index is 398. The van der Waals surface area contributed by atoms with Crippen molar-refractivity contribution in [2.24, 2.45) is 11.8 Å². The van der Waals surface area contributed by atoms with Gasteiger partial charge in [-0.15, -0.1) is 0 Å². The van der Waals surface area contributed by atoms with Crippen LogP contribution in [0.25, 0.3) is 0 Å². The van der Waals surface area contributed by atoms with Crippen molar-refractivity contribution in [3.05, 3.63) is 0 Å². The van der Waals surface area contributed by atoms with Gasteiger partial charge in [0, 0.05) is 83.9 Å². The molecule has 0 aliphatic carbocycles. The van der Waals surface area contributed by atoms with E-state index >= 15 is 0 Å². The molecule has 0 bridgehead atoms. The van der Waals surface area contributed by atoms with Gasteiger partial charge in [-0.3, -0.25) is 7.91 Å². The van der Waals surface area contributed by atoms with E-state index in [0.717, 1.165) is 31.3 Å². The topological polar surface area (TPSA) is 26.8 Å². The second kappa shape index (κ2) is 7.64. The van der Waals surface area contributed by atoms with Crippen molar-refractivity contribution in [1.82, 2.24) is 9.34 Å². The molecule has 0 aromatic carbocycles. The standard InChI is InChI=1S/C14H22I3N3O/c15-18-8-10(12-2-1-7-19(12)16)3-4-11(9-18)13-5-6-14(21)20(13)17/h10-13H,1-9H2. The van der Waals surface area contributed by atoms with Crippen LogP contribution in [0.5, 0.6) is 0 Å². The first-order valence-corrected chi connectivity index (χ1v) is 10.8. The van der Waals surface area contributed by atoms with Gasteiger partial charge in [0.25, 0.3) is 0 Å². The van der Waals surface area contributed by atoms with Gasteiger partial charge in [-0.2, -0.15) is 0 Å². The zero-order chi connectivity index (χ0) is 15.0. The Morgan fingerprint density at radius 1 is 0.905 bits per heavy atom. The van der Waals surface area contributed by atoms with Crippen molar-refractivity contribution < 1.29 is 4.79 Å². The van der Waals surface area contributed by atoms with Gasteiger partial charge in [0.1, 0.15) is 0 Å². The van der Waals surface area contributed by atoms with Gasteiger partial charge in [0.2, 0.25) is 5.91 Å². The number of hydrogen-bond donors (Lipinski definition) is 0. The molecule has 3 aliphatic rings. The highest BCUT2D eigenvalue weighted by Crippen LogP contribution is 2.38. The van der Waals surface area contributed by atoms with Gasteiger partial charge in [0.05, 0.1) is 22.9 Å². The molecule has 0 aromatic rings. The largest absolute Gasteiger partial charge is 0.282 e. The van der Waals surface area contributed by atoms with Crippen molar-refractivity contribution in [2.75, 3.05) is 19.6 Å². The summed E-state index contributed by atoms with van der Waals surface area (Å²) in [6.07, 6.45) is 7.13. The molecule has 3 heterocycles. The zero-order valence-corrected chi connectivity index (χ0v) is 18.5. The van der Waals surface area contributed by atoms with Gasteiger partial charge in [-0.05, 0) is 43.9 Å². The molecule has 0 saturated carbocycles. The van der Waals surface area contributed by atoms with Gasteiger partial charge in [-0.1, -0.05) is 0 Å². The Kier molecular flexibility index (Phi) is 6.33. The van der Waals surface area contributed by atoms with E-state index in [2.05, 4.69) is 74.8 Å². The van der Waals surface area contributed by atoms with Crippen LogP contribution >= 0.6 is 68.6 Å². The Morgan fingerprint density at radius 3 is 2.10 bits per heavy atom. The molecule has 3 aliphatic heterocycles. The molecule has 21 heavy (non-hydrogen) atoms. The van der Waals surface area contributed by atoms with Crippen molar-refractivity contribution >= 4 is 74.5 Å². The van der Waals surface area contributed by atoms with Crippen LogP contribution < -0.4 is 0 Å². The minimum atomic E-state index is 0.329. The molecule has 7 heteroatoms. The third kappa shape index (κ3) is 3.98. The molecule has 120 valence electrons. The SMILES string of the molecule is O=C1CCC(C2CCC(C3CCCN3I)CN(I)C2)N1I. The fourth-order valence-electron chi connectivity index (χ4n) is 4.14. The van der Waals surface area contributed by atoms with E-state index < -0.39 is 0 Å². The van der Waals surface area contributed by atoms with Gasteiger partial charge < -0.3 is 0 Å². The van der Waals surface area contributed by atoms with Crippen LogP contribution in [0.2, 0.25) is 0 Å². The fraction of sp³-hybridized carbons (Fsp3) is 0.929. The van der Waals surface area contributed by atoms with E-state index in [9.17, 15) is 4.79 Å². The lowest BCUT2D eigenvalue weighted by Gasteiger charge is -2.28. The van der Waals surface area contributed by atoms with Crippen molar-refractivity contribution in [2.45, 2.75) is 50.6 Å². The molecule has 4 atom stereocenters. The minimum absolute atomic E-state index is 0.329. The molecule has 3 fully saturated rings. The predicted octanol–water partition coefficient (Wildman–Crippen LogP) is 3.82. The normalized spacial score (nSPS) is 40.0. The van der Waals surface area contributed by atoms with Crippen LogP contribution in [0.4, 0.5) is 0 Å². The second-order valence-corrected chi connectivity index (χ2v) is 10.2. The molecular weight excluding hydrogens is 607 g/mol. The minimum Gasteiger partial charge on any atom is -0.282 e. The van der Waals surface area contributed by atoms with Gasteiger partial charge in [0.15, 0.2) is 0 Å². The maximum Gasteiger partial charge on any atom is 0.231 e. The quantitative estimate of drug-likeness (QED) is 0.344. The number of carbonyl (C=O) groups excluding carboxylic acids is 1. The predicted molar refractivity (Wildman–Crippen MR) is 109 cm³/mol. The molecule has 0 spiro atoms. The number of carbonyl (C=O) groups is 1. The summed E-state index contributed by atoms with van der Waals surface area (Å²) in [5.41, 5.74) is 0. The first-order valence-electron chi connectivity index (χ1n) is 7.87. The summed E-state index contributed by atoms with van der Waals surface area (Å²) in [4.78, 5) is 11.8. The molecule has 3 saturated heterocycles. The maximum atomic E-state index is 11.8. The number of nitrogens with zero attached hydrogens (tertiary/aromatic N) is 3. The second-order valence-electron chi connectivity index (χ2n) is 6.57. The van der Waals surface area contributed by atoms with Crippen LogP contribution in [0.1, 0.15) is 38.5 Å². The van der Waals surface area contributed by atoms with Crippen molar-refractivity contribution in [1.29, 1.82) is 0 Å². The molecule has 4 nitrogen and oxygen atoms in total. The monoisotopic (exact) mass is 629 g/mol. The van der Waals surface area contributed by atoms with Gasteiger partial charge >= 0.3 is 0 Å². The molecule has 1 amide bonds. The lowest BCUT2D eigenvalue weighted by molar-refractivity contribution is -0.123. The number of halogens is 3. The smallest absolute Gasteiger partial charge is 0.231 e. The van der Waals surface area contributed by atoms with Gasteiger partial charge in [-0.25, -0.2) is 6.23 Å². The summed E-state index contributed by atoms with van der Waals surface area (Å²) >= 11 is 7.28. The van der Waals surface area contributed by atoms with E-state index in [4.69, 9.17) is 0 Å². The summed E-state index contributed by atoms with van der Waals surface area (Å²) < 4.78 is 7.03. The summed E-state index contributed by atoms with van der Waals surface area (Å²) in [5.74, 6) is 1.78. The third-order valence-electron chi connectivity index (χ3n) is 5.28. The number of amides is 1. The van der Waals surface area contributed by atoms with Crippen LogP contribution in [-0.4, -0.2) is 47.0 Å². The summed E-state index contributed by atoms with van der Waals surface area (Å²) in [6.45, 7) is 3.61. The Hall–Kier alpha value is 1.58. The maximum absolute atomic E-state index is 11.8. The van der Waals surface area contributed by atoms with Crippen LogP contribution in [0.3, 0.4) is 0 Å². The zero-order valence-electron chi connectivity index (χ0n) is 12.1. The van der Waals surface area contributed by atoms with Crippen molar-refractivity contribution in [3.63, 3.8) is 0 Å². The number of rotatable bonds is 2. The Balaban J connectivity index is 1.64. The highest BCUT2D eigenvalue weighted by molar-refractivity contribution is 14.1. The average molecular weight is 629 g/mol. The Morgan fingerprint density at radius 2 is 1.57 bits per heavy atom. The molecule has 3 rings (SSSR count). The highest BCUT2D eigenvalue weighted by Gasteiger charge is 2.39. The van der Waals surface area contributed by atoms with E-state index in [0.29, 0.717) is 17.9 Å². The average Bonchev–Trinajstić information content (AvgIpc) is 2.94. The first kappa shape index (κ1) is 17.4. The summed E-state index contributed by atoms with van der Waals surface area (Å²) in [6, 6.07) is 1.23. The molecule has 0 aromatic heterocycles. The lowest BCUT2D eigenvalue weighted by Crippen LogP contribution is -2.36. The first-order chi connectivity index (χ1) is 10.1. The summed E-state index contributed by atoms with van der Waals surface area (Å²) in [5, 5.41) is 0. The van der Waals surface area contributed by atoms with Crippen LogP contribution in [0, 0.1) is 11.8 Å². The third-order valence-corrected chi connectivity index (χ3v) is 8.52. The van der Waals surface area contributed by atoms with Crippen molar-refractivity contribution in [3.8, 4) is 0 Å². The highest BCUT2D eigenvalue weighted by atomic mass is 127. The number of hydrogen-bond acceptors (Lipinski definition) is 3. The van der Waals surface area contributed by atoms with E-state index in [1.807, 2.05) is 3.11 Å². The molecule has 0 N–H and O–H groups in total. The van der Waals surface area contributed by atoms with Crippen LogP contribution in [-0.2, 0) is 4.79 Å². The summed E-state index contributed by atoms with van der Waals surface area (Å²) in [7, 11) is 0. The molecule has 4 unspecified atom stereocenters. The van der Waals surface area contributed by atoms with E-state index in [-0.39, 0.29) is 0 Å². The molecule has 0 radical (unpaired) electrons. The van der Waals surface area contributed by atoms with E-state index in [1.54, 1.807) is 0 Å². The molecular formula is C14H22I3N3O. The fourth-order valence-corrected chi connectivity index (χ4v) is 7.20.